The molecule has 0 N–H and O–H groups in total. The molecule has 1 rings (SSSR count). The lowest BCUT2D eigenvalue weighted by Crippen LogP contribution is -2.33. The predicted octanol–water partition coefficient (Wildman–Crippen LogP) is 2.91. The first-order valence-corrected chi connectivity index (χ1v) is 5.13. The number of alkyl halides is 3. The van der Waals surface area contributed by atoms with E-state index in [2.05, 4.69) is 0 Å². The Kier molecular flexibility index (Phi) is 3.79. The highest BCUT2D eigenvalue weighted by Crippen LogP contribution is 2.32. The molecule has 0 spiro atoms. The van der Waals surface area contributed by atoms with E-state index in [1.54, 1.807) is 0 Å². The molecule has 0 aliphatic carbocycles. The number of nitrogens with zero attached hydrogens (tertiary/aromatic N) is 1. The summed E-state index contributed by atoms with van der Waals surface area (Å²) in [5, 5.41) is 0. The molecule has 3 nitrogen and oxygen atoms in total. The molecule has 0 bridgehead atoms. The van der Waals surface area contributed by atoms with Crippen molar-refractivity contribution in [3.63, 3.8) is 0 Å². The quantitative estimate of drug-likeness (QED) is 0.777. The van der Waals surface area contributed by atoms with Crippen molar-refractivity contribution in [1.82, 2.24) is 0 Å². The number of amides is 2. The van der Waals surface area contributed by atoms with Crippen LogP contribution >= 0.6 is 0 Å². The van der Waals surface area contributed by atoms with Crippen molar-refractivity contribution in [3.05, 3.63) is 29.3 Å². The summed E-state index contributed by atoms with van der Waals surface area (Å²) in [4.78, 5) is 23.4. The minimum atomic E-state index is -4.44. The number of hydrogen-bond donors (Lipinski definition) is 0. The Labute approximate surface area is 102 Å². The highest BCUT2D eigenvalue weighted by Gasteiger charge is 2.31. The lowest BCUT2D eigenvalue weighted by molar-refractivity contribution is -0.137. The average Bonchev–Trinajstić information content (AvgIpc) is 2.18. The van der Waals surface area contributed by atoms with Crippen LogP contribution in [0.1, 0.15) is 25.0 Å². The molecule has 2 amide bonds. The van der Waals surface area contributed by atoms with Gasteiger partial charge in [0.25, 0.3) is 0 Å². The van der Waals surface area contributed by atoms with Gasteiger partial charge in [0.2, 0.25) is 11.8 Å². The summed E-state index contributed by atoms with van der Waals surface area (Å²) in [7, 11) is 0. The zero-order valence-corrected chi connectivity index (χ0v) is 10.1. The summed E-state index contributed by atoms with van der Waals surface area (Å²) in [6.07, 6.45) is -4.44. The van der Waals surface area contributed by atoms with Crippen molar-refractivity contribution in [3.8, 4) is 0 Å². The van der Waals surface area contributed by atoms with E-state index < -0.39 is 23.6 Å². The normalized spacial score (nSPS) is 11.2. The van der Waals surface area contributed by atoms with E-state index in [-0.39, 0.29) is 11.3 Å². The summed E-state index contributed by atoms with van der Waals surface area (Å²) >= 11 is 0. The lowest BCUT2D eigenvalue weighted by atomic mass is 10.1. The van der Waals surface area contributed by atoms with Crippen LogP contribution in [-0.4, -0.2) is 11.8 Å². The Balaban J connectivity index is 3.28. The Hall–Kier alpha value is -1.85. The third-order valence-electron chi connectivity index (χ3n) is 2.39. The molecule has 0 fully saturated rings. The fourth-order valence-corrected chi connectivity index (χ4v) is 1.64. The van der Waals surface area contributed by atoms with E-state index in [9.17, 15) is 22.8 Å². The van der Waals surface area contributed by atoms with Gasteiger partial charge in [-0.15, -0.1) is 0 Å². The number of aryl methyl sites for hydroxylation is 1. The Morgan fingerprint density at radius 2 is 1.61 bits per heavy atom. The van der Waals surface area contributed by atoms with E-state index in [1.807, 2.05) is 0 Å². The van der Waals surface area contributed by atoms with Crippen molar-refractivity contribution in [1.29, 1.82) is 0 Å². The van der Waals surface area contributed by atoms with Crippen LogP contribution in [0.5, 0.6) is 0 Å². The van der Waals surface area contributed by atoms with Crippen LogP contribution in [-0.2, 0) is 15.8 Å². The zero-order valence-electron chi connectivity index (χ0n) is 10.1. The van der Waals surface area contributed by atoms with Gasteiger partial charge in [-0.1, -0.05) is 0 Å². The molecule has 0 atom stereocenters. The Morgan fingerprint density at radius 3 is 1.94 bits per heavy atom. The SMILES string of the molecule is CC(=O)N(C(C)=O)c1ccc(C(F)(F)F)cc1C. The van der Waals surface area contributed by atoms with Crippen LogP contribution in [0.25, 0.3) is 0 Å². The van der Waals surface area contributed by atoms with Crippen LogP contribution in [0.4, 0.5) is 18.9 Å². The van der Waals surface area contributed by atoms with Crippen molar-refractivity contribution in [2.75, 3.05) is 4.90 Å². The third-order valence-corrected chi connectivity index (χ3v) is 2.39. The molecule has 0 radical (unpaired) electrons. The molecule has 1 aromatic rings. The molecule has 0 aliphatic rings. The van der Waals surface area contributed by atoms with Crippen LogP contribution in [0.15, 0.2) is 18.2 Å². The fraction of sp³-hybridized carbons (Fsp3) is 0.333. The van der Waals surface area contributed by atoms with Crippen molar-refractivity contribution >= 4 is 17.5 Å². The number of carbonyl (C=O) groups excluding carboxylic acids is 2. The minimum absolute atomic E-state index is 0.169. The van der Waals surface area contributed by atoms with Gasteiger partial charge >= 0.3 is 6.18 Å². The van der Waals surface area contributed by atoms with Gasteiger partial charge in [-0.2, -0.15) is 13.2 Å². The Bertz CT molecular complexity index is 481. The average molecular weight is 259 g/mol. The monoisotopic (exact) mass is 259 g/mol. The molecule has 0 heterocycles. The minimum Gasteiger partial charge on any atom is -0.274 e. The predicted molar refractivity (Wildman–Crippen MR) is 60.0 cm³/mol. The van der Waals surface area contributed by atoms with E-state index in [0.29, 0.717) is 0 Å². The molecule has 18 heavy (non-hydrogen) atoms. The van der Waals surface area contributed by atoms with Crippen LogP contribution in [0.2, 0.25) is 0 Å². The van der Waals surface area contributed by atoms with Gasteiger partial charge in [0.05, 0.1) is 11.3 Å². The maximum Gasteiger partial charge on any atom is 0.416 e. The van der Waals surface area contributed by atoms with Gasteiger partial charge in [0.15, 0.2) is 0 Å². The second-order valence-electron chi connectivity index (χ2n) is 3.87. The molecule has 98 valence electrons. The largest absolute Gasteiger partial charge is 0.416 e. The number of rotatable bonds is 1. The van der Waals surface area contributed by atoms with Crippen LogP contribution in [0.3, 0.4) is 0 Å². The summed E-state index contributed by atoms with van der Waals surface area (Å²) < 4.78 is 37.4. The van der Waals surface area contributed by atoms with Crippen molar-refractivity contribution in [2.24, 2.45) is 0 Å². The third kappa shape index (κ3) is 2.88. The molecule has 6 heteroatoms. The summed E-state index contributed by atoms with van der Waals surface area (Å²) in [5.74, 6) is -1.07. The molecule has 0 aliphatic heterocycles. The first-order valence-electron chi connectivity index (χ1n) is 5.13. The second-order valence-corrected chi connectivity index (χ2v) is 3.87. The van der Waals surface area contributed by atoms with Gasteiger partial charge in [0.1, 0.15) is 0 Å². The first kappa shape index (κ1) is 14.2. The standard InChI is InChI=1S/C12H12F3NO2/c1-7-6-10(12(13,14)15)4-5-11(7)16(8(2)17)9(3)18/h4-6H,1-3H3. The molecular formula is C12H12F3NO2. The van der Waals surface area contributed by atoms with Gasteiger partial charge in [-0.05, 0) is 30.7 Å². The summed E-state index contributed by atoms with van der Waals surface area (Å²) in [6, 6.07) is 2.89. The van der Waals surface area contributed by atoms with Gasteiger partial charge in [0, 0.05) is 13.8 Å². The van der Waals surface area contributed by atoms with Crippen LogP contribution < -0.4 is 4.90 Å². The van der Waals surface area contributed by atoms with E-state index >= 15 is 0 Å². The molecule has 0 aromatic heterocycles. The highest BCUT2D eigenvalue weighted by molar-refractivity contribution is 6.13. The second kappa shape index (κ2) is 4.80. The molecule has 0 unspecified atom stereocenters. The molecule has 1 aromatic carbocycles. The number of hydrogen-bond acceptors (Lipinski definition) is 2. The van der Waals surface area contributed by atoms with Gasteiger partial charge in [-0.3, -0.25) is 14.5 Å². The maximum absolute atomic E-state index is 12.5. The number of benzene rings is 1. The molecule has 0 saturated carbocycles. The Morgan fingerprint density at radius 1 is 1.11 bits per heavy atom. The molecule has 0 saturated heterocycles. The number of carbonyl (C=O) groups is 2. The first-order chi connectivity index (χ1) is 8.14. The van der Waals surface area contributed by atoms with E-state index in [0.717, 1.165) is 23.1 Å². The molecular weight excluding hydrogens is 247 g/mol. The van der Waals surface area contributed by atoms with E-state index in [1.165, 1.54) is 20.8 Å². The van der Waals surface area contributed by atoms with Crippen molar-refractivity contribution < 1.29 is 22.8 Å². The topological polar surface area (TPSA) is 37.4 Å². The van der Waals surface area contributed by atoms with Crippen molar-refractivity contribution in [2.45, 2.75) is 26.9 Å². The summed E-state index contributed by atoms with van der Waals surface area (Å²) in [5.41, 5.74) is -0.422. The zero-order chi connectivity index (χ0) is 14.1. The number of halogens is 3. The highest BCUT2D eigenvalue weighted by atomic mass is 19.4. The fourth-order valence-electron chi connectivity index (χ4n) is 1.64. The maximum atomic E-state index is 12.5. The lowest BCUT2D eigenvalue weighted by Gasteiger charge is -2.20. The van der Waals surface area contributed by atoms with E-state index in [4.69, 9.17) is 0 Å². The number of anilines is 1. The van der Waals surface area contributed by atoms with Gasteiger partial charge < -0.3 is 0 Å². The van der Waals surface area contributed by atoms with Gasteiger partial charge in [-0.25, -0.2) is 0 Å². The number of imide groups is 1. The summed E-state index contributed by atoms with van der Waals surface area (Å²) in [6.45, 7) is 3.78. The smallest absolute Gasteiger partial charge is 0.274 e. The van der Waals surface area contributed by atoms with Crippen LogP contribution in [0, 0.1) is 6.92 Å².